The van der Waals surface area contributed by atoms with E-state index in [4.69, 9.17) is 10.1 Å². The molecule has 0 spiro atoms. The minimum atomic E-state index is 0.195. The average molecular weight is 255 g/mol. The highest BCUT2D eigenvalue weighted by atomic mass is 16.5. The van der Waals surface area contributed by atoms with E-state index < -0.39 is 0 Å². The van der Waals surface area contributed by atoms with Crippen LogP contribution in [0.5, 0.6) is 5.75 Å². The second-order valence-corrected chi connectivity index (χ2v) is 4.22. The number of H-pyrrole nitrogens is 1. The zero-order valence-electron chi connectivity index (χ0n) is 10.6. The van der Waals surface area contributed by atoms with E-state index in [1.165, 1.54) is 0 Å². The molecule has 19 heavy (non-hydrogen) atoms. The number of fused-ring (bicyclic) bond motifs is 1. The van der Waals surface area contributed by atoms with Crippen LogP contribution >= 0.6 is 0 Å². The normalized spacial score (nSPS) is 10.8. The molecule has 3 rings (SSSR count). The second-order valence-electron chi connectivity index (χ2n) is 4.22. The Hall–Kier alpha value is -2.63. The van der Waals surface area contributed by atoms with Gasteiger partial charge in [0.05, 0.1) is 13.4 Å². The molecule has 96 valence electrons. The summed E-state index contributed by atoms with van der Waals surface area (Å²) < 4.78 is 6.92. The number of aryl methyl sites for hydroxylation is 1. The van der Waals surface area contributed by atoms with Gasteiger partial charge in [-0.3, -0.25) is 5.41 Å². The maximum Gasteiger partial charge on any atom is 0.173 e. The third kappa shape index (κ3) is 1.87. The van der Waals surface area contributed by atoms with Gasteiger partial charge in [-0.25, -0.2) is 9.97 Å². The Kier molecular flexibility index (Phi) is 2.56. The van der Waals surface area contributed by atoms with E-state index in [0.717, 1.165) is 17.1 Å². The monoisotopic (exact) mass is 255 g/mol. The van der Waals surface area contributed by atoms with Crippen LogP contribution in [-0.2, 0) is 7.05 Å². The fraction of sp³-hybridized carbons (Fsp3) is 0.154. The van der Waals surface area contributed by atoms with E-state index in [1.54, 1.807) is 18.0 Å². The predicted octanol–water partition coefficient (Wildman–Crippen LogP) is 1.45. The van der Waals surface area contributed by atoms with Crippen molar-refractivity contribution in [3.63, 3.8) is 0 Å². The van der Waals surface area contributed by atoms with Crippen LogP contribution in [0.25, 0.3) is 22.6 Å². The number of aromatic nitrogens is 4. The first-order chi connectivity index (χ1) is 9.19. The number of imidazole rings is 1. The minimum absolute atomic E-state index is 0.195. The summed E-state index contributed by atoms with van der Waals surface area (Å²) in [5, 5.41) is 7.78. The molecule has 0 bridgehead atoms. The summed E-state index contributed by atoms with van der Waals surface area (Å²) in [5.41, 5.74) is 2.48. The highest BCUT2D eigenvalue weighted by Gasteiger charge is 2.08. The van der Waals surface area contributed by atoms with Crippen molar-refractivity contribution in [2.24, 2.45) is 7.05 Å². The first-order valence-electron chi connectivity index (χ1n) is 5.79. The topological polar surface area (TPSA) is 79.6 Å². The standard InChI is InChI=1S/C13H13N5O/c1-18-7-15-11(14)10-13(18)17-12(16-10)8-3-5-9(19-2)6-4-8/h3-7,14H,1-2H3,(H,16,17). The quantitative estimate of drug-likeness (QED) is 0.727. The number of ether oxygens (including phenoxy) is 1. The van der Waals surface area contributed by atoms with Gasteiger partial charge < -0.3 is 14.3 Å². The lowest BCUT2D eigenvalue weighted by molar-refractivity contribution is 0.415. The Morgan fingerprint density at radius 3 is 2.63 bits per heavy atom. The van der Waals surface area contributed by atoms with E-state index in [9.17, 15) is 0 Å². The van der Waals surface area contributed by atoms with E-state index in [2.05, 4.69) is 15.0 Å². The average Bonchev–Trinajstić information content (AvgIpc) is 2.89. The number of hydrogen-bond donors (Lipinski definition) is 2. The first kappa shape index (κ1) is 11.5. The maximum atomic E-state index is 7.78. The molecule has 6 nitrogen and oxygen atoms in total. The van der Waals surface area contributed by atoms with Gasteiger partial charge >= 0.3 is 0 Å². The van der Waals surface area contributed by atoms with Gasteiger partial charge in [0.2, 0.25) is 0 Å². The summed E-state index contributed by atoms with van der Waals surface area (Å²) in [6.07, 6.45) is 1.59. The zero-order chi connectivity index (χ0) is 13.4. The number of aromatic amines is 1. The minimum Gasteiger partial charge on any atom is -0.497 e. The Morgan fingerprint density at radius 1 is 1.26 bits per heavy atom. The molecule has 0 atom stereocenters. The van der Waals surface area contributed by atoms with Crippen molar-refractivity contribution >= 4 is 11.2 Å². The van der Waals surface area contributed by atoms with Gasteiger partial charge in [-0.1, -0.05) is 0 Å². The summed E-state index contributed by atoms with van der Waals surface area (Å²) in [4.78, 5) is 11.6. The van der Waals surface area contributed by atoms with Crippen molar-refractivity contribution in [2.45, 2.75) is 0 Å². The first-order valence-corrected chi connectivity index (χ1v) is 5.79. The van der Waals surface area contributed by atoms with Crippen molar-refractivity contribution < 1.29 is 4.74 Å². The molecule has 0 aliphatic heterocycles. The fourth-order valence-corrected chi connectivity index (χ4v) is 1.93. The van der Waals surface area contributed by atoms with E-state index in [-0.39, 0.29) is 5.49 Å². The van der Waals surface area contributed by atoms with Crippen molar-refractivity contribution in [3.05, 3.63) is 36.1 Å². The fourth-order valence-electron chi connectivity index (χ4n) is 1.93. The van der Waals surface area contributed by atoms with Crippen LogP contribution in [0.2, 0.25) is 0 Å². The lowest BCUT2D eigenvalue weighted by atomic mass is 10.2. The molecule has 6 heteroatoms. The van der Waals surface area contributed by atoms with Gasteiger partial charge in [-0.2, -0.15) is 0 Å². The largest absolute Gasteiger partial charge is 0.497 e. The zero-order valence-corrected chi connectivity index (χ0v) is 10.6. The van der Waals surface area contributed by atoms with Gasteiger partial charge in [0, 0.05) is 12.6 Å². The second kappa shape index (κ2) is 4.24. The van der Waals surface area contributed by atoms with E-state index in [0.29, 0.717) is 11.2 Å². The maximum absolute atomic E-state index is 7.78. The summed E-state index contributed by atoms with van der Waals surface area (Å²) in [7, 11) is 3.49. The number of methoxy groups -OCH3 is 1. The van der Waals surface area contributed by atoms with Gasteiger partial charge in [0.1, 0.15) is 17.1 Å². The van der Waals surface area contributed by atoms with E-state index in [1.807, 2.05) is 31.3 Å². The van der Waals surface area contributed by atoms with Gasteiger partial charge in [0.15, 0.2) is 11.1 Å². The van der Waals surface area contributed by atoms with Crippen LogP contribution in [0, 0.1) is 5.41 Å². The van der Waals surface area contributed by atoms with Crippen LogP contribution in [0.4, 0.5) is 0 Å². The number of benzene rings is 1. The third-order valence-electron chi connectivity index (χ3n) is 2.98. The highest BCUT2D eigenvalue weighted by Crippen LogP contribution is 2.21. The molecule has 2 heterocycles. The molecule has 2 N–H and O–H groups in total. The molecule has 2 aromatic heterocycles. The van der Waals surface area contributed by atoms with Gasteiger partial charge in [-0.15, -0.1) is 0 Å². The summed E-state index contributed by atoms with van der Waals surface area (Å²) >= 11 is 0. The molecule has 0 unspecified atom stereocenters. The van der Waals surface area contributed by atoms with Crippen molar-refractivity contribution in [2.75, 3.05) is 7.11 Å². The number of rotatable bonds is 2. The summed E-state index contributed by atoms with van der Waals surface area (Å²) in [6.45, 7) is 0. The predicted molar refractivity (Wildman–Crippen MR) is 70.7 cm³/mol. The summed E-state index contributed by atoms with van der Waals surface area (Å²) in [6, 6.07) is 7.60. The molecule has 0 aliphatic rings. The van der Waals surface area contributed by atoms with Gasteiger partial charge in [-0.05, 0) is 24.3 Å². The molecule has 0 saturated carbocycles. The van der Waals surface area contributed by atoms with Gasteiger partial charge in [0.25, 0.3) is 0 Å². The highest BCUT2D eigenvalue weighted by molar-refractivity contribution is 5.75. The Labute approximate surface area is 109 Å². The SMILES string of the molecule is COc1ccc(-c2nc3c([nH]2)c(=N)ncn3C)cc1. The Balaban J connectivity index is 2.17. The third-order valence-corrected chi connectivity index (χ3v) is 2.98. The van der Waals surface area contributed by atoms with Crippen molar-refractivity contribution in [3.8, 4) is 17.1 Å². The Bertz CT molecular complexity index is 785. The molecule has 1 aromatic carbocycles. The number of nitrogens with one attached hydrogen (secondary N) is 2. The van der Waals surface area contributed by atoms with Crippen molar-refractivity contribution in [1.82, 2.24) is 19.5 Å². The Morgan fingerprint density at radius 2 is 2.00 bits per heavy atom. The van der Waals surface area contributed by atoms with Crippen LogP contribution in [0.15, 0.2) is 30.6 Å². The number of nitrogens with zero attached hydrogens (tertiary/aromatic N) is 3. The molecular weight excluding hydrogens is 242 g/mol. The molecule has 0 radical (unpaired) electrons. The van der Waals surface area contributed by atoms with Crippen molar-refractivity contribution in [1.29, 1.82) is 5.41 Å². The molecule has 0 aliphatic carbocycles. The van der Waals surface area contributed by atoms with Crippen LogP contribution in [0.1, 0.15) is 0 Å². The molecule has 0 amide bonds. The van der Waals surface area contributed by atoms with Crippen LogP contribution in [0.3, 0.4) is 0 Å². The molecule has 0 fully saturated rings. The van der Waals surface area contributed by atoms with Crippen LogP contribution < -0.4 is 10.2 Å². The van der Waals surface area contributed by atoms with E-state index >= 15 is 0 Å². The lowest BCUT2D eigenvalue weighted by Crippen LogP contribution is -2.10. The smallest absolute Gasteiger partial charge is 0.173 e. The molecular formula is C13H13N5O. The number of hydrogen-bond acceptors (Lipinski definition) is 4. The molecule has 0 saturated heterocycles. The molecule has 3 aromatic rings. The lowest BCUT2D eigenvalue weighted by Gasteiger charge is -2.00. The summed E-state index contributed by atoms with van der Waals surface area (Å²) in [5.74, 6) is 1.52. The van der Waals surface area contributed by atoms with Crippen LogP contribution in [-0.4, -0.2) is 26.6 Å².